The van der Waals surface area contributed by atoms with Crippen molar-refractivity contribution < 1.29 is 19.4 Å². The number of carboxylic acid groups (broad SMARTS) is 1. The van der Waals surface area contributed by atoms with Crippen molar-refractivity contribution in [3.63, 3.8) is 0 Å². The number of ether oxygens (including phenoxy) is 1. The van der Waals surface area contributed by atoms with Gasteiger partial charge in [0.05, 0.1) is 7.11 Å². The third-order valence-corrected chi connectivity index (χ3v) is 3.89. The molecule has 1 saturated carbocycles. The SMILES string of the molecule is COc1ccc(CN(C)C(=O)NC2(C(=O)O)CCC2)cc1. The van der Waals surface area contributed by atoms with Crippen LogP contribution in [0.5, 0.6) is 5.75 Å². The van der Waals surface area contributed by atoms with Crippen LogP contribution in [0.25, 0.3) is 0 Å². The van der Waals surface area contributed by atoms with Crippen LogP contribution in [0.2, 0.25) is 0 Å². The number of nitrogens with one attached hydrogen (secondary N) is 1. The fourth-order valence-electron chi connectivity index (χ4n) is 2.30. The maximum atomic E-state index is 12.1. The molecule has 2 amide bonds. The largest absolute Gasteiger partial charge is 0.497 e. The molecule has 1 aliphatic rings. The van der Waals surface area contributed by atoms with E-state index in [0.717, 1.165) is 17.7 Å². The minimum Gasteiger partial charge on any atom is -0.497 e. The molecule has 1 aliphatic carbocycles. The molecule has 2 rings (SSSR count). The molecule has 0 aliphatic heterocycles. The molecule has 114 valence electrons. The lowest BCUT2D eigenvalue weighted by atomic mass is 9.77. The normalized spacial score (nSPS) is 15.7. The maximum absolute atomic E-state index is 12.1. The summed E-state index contributed by atoms with van der Waals surface area (Å²) in [6.45, 7) is 0.408. The Kier molecular flexibility index (Phi) is 4.35. The minimum absolute atomic E-state index is 0.368. The van der Waals surface area contributed by atoms with Gasteiger partial charge < -0.3 is 20.1 Å². The van der Waals surface area contributed by atoms with Gasteiger partial charge in [-0.15, -0.1) is 0 Å². The predicted molar refractivity (Wildman–Crippen MR) is 77.2 cm³/mol. The van der Waals surface area contributed by atoms with E-state index in [1.807, 2.05) is 24.3 Å². The second-order valence-electron chi connectivity index (χ2n) is 5.38. The van der Waals surface area contributed by atoms with Gasteiger partial charge in [-0.2, -0.15) is 0 Å². The highest BCUT2D eigenvalue weighted by atomic mass is 16.5. The minimum atomic E-state index is -1.08. The molecule has 21 heavy (non-hydrogen) atoms. The Morgan fingerprint density at radius 3 is 2.38 bits per heavy atom. The number of carbonyl (C=O) groups is 2. The summed E-state index contributed by atoms with van der Waals surface area (Å²) < 4.78 is 5.08. The summed E-state index contributed by atoms with van der Waals surface area (Å²) in [6, 6.07) is 7.03. The van der Waals surface area contributed by atoms with Crippen LogP contribution >= 0.6 is 0 Å². The molecule has 0 unspecified atom stereocenters. The zero-order valence-corrected chi connectivity index (χ0v) is 12.3. The number of carbonyl (C=O) groups excluding carboxylic acids is 1. The van der Waals surface area contributed by atoms with Crippen LogP contribution in [-0.4, -0.2) is 41.7 Å². The van der Waals surface area contributed by atoms with Gasteiger partial charge in [0, 0.05) is 13.6 Å². The predicted octanol–water partition coefficient (Wildman–Crippen LogP) is 1.84. The third-order valence-electron chi connectivity index (χ3n) is 3.89. The summed E-state index contributed by atoms with van der Waals surface area (Å²) in [4.78, 5) is 24.8. The summed E-state index contributed by atoms with van der Waals surface area (Å²) in [5, 5.41) is 11.8. The maximum Gasteiger partial charge on any atom is 0.329 e. The molecule has 1 aromatic rings. The molecule has 1 fully saturated rings. The Morgan fingerprint density at radius 1 is 1.33 bits per heavy atom. The molecule has 0 spiro atoms. The molecule has 6 nitrogen and oxygen atoms in total. The van der Waals surface area contributed by atoms with Crippen LogP contribution in [0.4, 0.5) is 4.79 Å². The first kappa shape index (κ1) is 15.2. The van der Waals surface area contributed by atoms with E-state index in [9.17, 15) is 14.7 Å². The smallest absolute Gasteiger partial charge is 0.329 e. The molecule has 0 heterocycles. The number of aliphatic carboxylic acids is 1. The van der Waals surface area contributed by atoms with Crippen molar-refractivity contribution >= 4 is 12.0 Å². The van der Waals surface area contributed by atoms with Crippen LogP contribution in [0.3, 0.4) is 0 Å². The van der Waals surface area contributed by atoms with E-state index in [4.69, 9.17) is 4.74 Å². The molecule has 0 bridgehead atoms. The molecule has 2 N–H and O–H groups in total. The van der Waals surface area contributed by atoms with E-state index in [2.05, 4.69) is 5.32 Å². The summed E-state index contributed by atoms with van der Waals surface area (Å²) in [6.07, 6.45) is 1.81. The molecule has 0 radical (unpaired) electrons. The van der Waals surface area contributed by atoms with Crippen LogP contribution in [-0.2, 0) is 11.3 Å². The van der Waals surface area contributed by atoms with E-state index < -0.39 is 11.5 Å². The van der Waals surface area contributed by atoms with Crippen LogP contribution in [0, 0.1) is 0 Å². The van der Waals surface area contributed by atoms with Gasteiger partial charge in [-0.3, -0.25) is 0 Å². The standard InChI is InChI=1S/C15H20N2O4/c1-17(10-11-4-6-12(21-2)7-5-11)14(20)16-15(13(18)19)8-3-9-15/h4-7H,3,8-10H2,1-2H3,(H,16,20)(H,18,19). The highest BCUT2D eigenvalue weighted by molar-refractivity contribution is 5.87. The molecule has 0 saturated heterocycles. The number of carboxylic acids is 1. The van der Waals surface area contributed by atoms with Crippen LogP contribution in [0.1, 0.15) is 24.8 Å². The summed E-state index contributed by atoms with van der Waals surface area (Å²) in [5.41, 5.74) is -0.128. The summed E-state index contributed by atoms with van der Waals surface area (Å²) in [7, 11) is 3.24. The number of hydrogen-bond donors (Lipinski definition) is 2. The van der Waals surface area contributed by atoms with Gasteiger partial charge in [0.15, 0.2) is 0 Å². The number of methoxy groups -OCH3 is 1. The van der Waals surface area contributed by atoms with Crippen molar-refractivity contribution in [2.45, 2.75) is 31.3 Å². The van der Waals surface area contributed by atoms with Crippen molar-refractivity contribution in [2.24, 2.45) is 0 Å². The van der Waals surface area contributed by atoms with Crippen molar-refractivity contribution in [3.05, 3.63) is 29.8 Å². The first-order chi connectivity index (χ1) is 9.97. The number of urea groups is 1. The van der Waals surface area contributed by atoms with Gasteiger partial charge >= 0.3 is 12.0 Å². The Hall–Kier alpha value is -2.24. The van der Waals surface area contributed by atoms with E-state index in [-0.39, 0.29) is 6.03 Å². The second-order valence-corrected chi connectivity index (χ2v) is 5.38. The first-order valence-electron chi connectivity index (χ1n) is 6.86. The van der Waals surface area contributed by atoms with E-state index in [1.165, 1.54) is 4.90 Å². The van der Waals surface area contributed by atoms with Crippen molar-refractivity contribution in [1.29, 1.82) is 0 Å². The fraction of sp³-hybridized carbons (Fsp3) is 0.467. The van der Waals surface area contributed by atoms with Gasteiger partial charge in [0.25, 0.3) is 0 Å². The summed E-state index contributed by atoms with van der Waals surface area (Å²) in [5.74, 6) is -0.204. The molecular weight excluding hydrogens is 272 g/mol. The van der Waals surface area contributed by atoms with Gasteiger partial charge in [0.2, 0.25) is 0 Å². The zero-order chi connectivity index (χ0) is 15.5. The van der Waals surface area contributed by atoms with Crippen LogP contribution < -0.4 is 10.1 Å². The Bertz CT molecular complexity index is 523. The number of nitrogens with zero attached hydrogens (tertiary/aromatic N) is 1. The number of rotatable bonds is 5. The Labute approximate surface area is 123 Å². The monoisotopic (exact) mass is 292 g/mol. The molecule has 1 aromatic carbocycles. The highest BCUT2D eigenvalue weighted by Gasteiger charge is 2.46. The van der Waals surface area contributed by atoms with Crippen molar-refractivity contribution in [2.75, 3.05) is 14.2 Å². The van der Waals surface area contributed by atoms with Gasteiger partial charge in [-0.1, -0.05) is 12.1 Å². The van der Waals surface area contributed by atoms with Gasteiger partial charge in [-0.05, 0) is 37.0 Å². The Morgan fingerprint density at radius 2 is 1.95 bits per heavy atom. The lowest BCUT2D eigenvalue weighted by Gasteiger charge is -2.39. The van der Waals surface area contributed by atoms with E-state index in [1.54, 1.807) is 14.2 Å². The molecule has 6 heteroatoms. The van der Waals surface area contributed by atoms with Gasteiger partial charge in [-0.25, -0.2) is 9.59 Å². The van der Waals surface area contributed by atoms with Crippen molar-refractivity contribution in [3.8, 4) is 5.75 Å². The number of hydrogen-bond acceptors (Lipinski definition) is 3. The van der Waals surface area contributed by atoms with Crippen LogP contribution in [0.15, 0.2) is 24.3 Å². The van der Waals surface area contributed by atoms with E-state index >= 15 is 0 Å². The second kappa shape index (κ2) is 6.03. The lowest BCUT2D eigenvalue weighted by molar-refractivity contribution is -0.148. The fourth-order valence-corrected chi connectivity index (χ4v) is 2.30. The highest BCUT2D eigenvalue weighted by Crippen LogP contribution is 2.32. The van der Waals surface area contributed by atoms with Crippen molar-refractivity contribution in [1.82, 2.24) is 10.2 Å². The molecule has 0 aromatic heterocycles. The number of amides is 2. The van der Waals surface area contributed by atoms with E-state index in [0.29, 0.717) is 19.4 Å². The lowest BCUT2D eigenvalue weighted by Crippen LogP contribution is -2.61. The topological polar surface area (TPSA) is 78.9 Å². The average Bonchev–Trinajstić information content (AvgIpc) is 2.42. The van der Waals surface area contributed by atoms with Gasteiger partial charge in [0.1, 0.15) is 11.3 Å². The first-order valence-corrected chi connectivity index (χ1v) is 6.86. The zero-order valence-electron chi connectivity index (χ0n) is 12.3. The number of benzene rings is 1. The average molecular weight is 292 g/mol. The third kappa shape index (κ3) is 3.26. The summed E-state index contributed by atoms with van der Waals surface area (Å²) >= 11 is 0. The Balaban J connectivity index is 1.94. The molecular formula is C15H20N2O4. The quantitative estimate of drug-likeness (QED) is 0.868. The molecule has 0 atom stereocenters.